The van der Waals surface area contributed by atoms with Crippen molar-refractivity contribution in [2.24, 2.45) is 0 Å². The molecule has 1 aromatic carbocycles. The summed E-state index contributed by atoms with van der Waals surface area (Å²) in [6.07, 6.45) is 1.96. The van der Waals surface area contributed by atoms with E-state index in [2.05, 4.69) is 13.8 Å². The summed E-state index contributed by atoms with van der Waals surface area (Å²) in [5.74, 6) is 0.0636. The zero-order valence-electron chi connectivity index (χ0n) is 10.2. The normalized spacial score (nSPS) is 10.5. The molecule has 0 bridgehead atoms. The van der Waals surface area contributed by atoms with Gasteiger partial charge in [0.1, 0.15) is 0 Å². The number of hydrogen-bond donors (Lipinski definition) is 1. The molecule has 88 valence electrons. The minimum atomic E-state index is 0.0636. The van der Waals surface area contributed by atoms with Crippen LogP contribution in [-0.4, -0.2) is 23.9 Å². The Balaban J connectivity index is 2.81. The average molecular weight is 220 g/mol. The fourth-order valence-electron chi connectivity index (χ4n) is 1.83. The van der Waals surface area contributed by atoms with Crippen molar-refractivity contribution < 1.29 is 4.79 Å². The summed E-state index contributed by atoms with van der Waals surface area (Å²) in [5, 5.41) is 0. The predicted octanol–water partition coefficient (Wildman–Crippen LogP) is 2.53. The number of rotatable bonds is 4. The molecule has 3 heteroatoms. The van der Waals surface area contributed by atoms with Gasteiger partial charge in [-0.15, -0.1) is 0 Å². The van der Waals surface area contributed by atoms with Crippen LogP contribution in [0.15, 0.2) is 24.3 Å². The Morgan fingerprint density at radius 3 is 2.19 bits per heavy atom. The highest BCUT2D eigenvalue weighted by atomic mass is 16.2. The molecule has 0 atom stereocenters. The third-order valence-electron chi connectivity index (χ3n) is 2.97. The fraction of sp³-hybridized carbons (Fsp3) is 0.462. The number of nitrogen functional groups attached to an aromatic ring is 1. The number of carbonyl (C=O) groups excluding carboxylic acids is 1. The van der Waals surface area contributed by atoms with E-state index < -0.39 is 0 Å². The van der Waals surface area contributed by atoms with Gasteiger partial charge in [0.05, 0.1) is 0 Å². The van der Waals surface area contributed by atoms with E-state index in [1.54, 1.807) is 24.3 Å². The Kier molecular flexibility index (Phi) is 4.35. The van der Waals surface area contributed by atoms with Crippen LogP contribution in [0.2, 0.25) is 0 Å². The first kappa shape index (κ1) is 12.6. The van der Waals surface area contributed by atoms with Crippen LogP contribution in [0.25, 0.3) is 0 Å². The van der Waals surface area contributed by atoms with Crippen molar-refractivity contribution in [3.63, 3.8) is 0 Å². The maximum absolute atomic E-state index is 12.1. The second-order valence-electron chi connectivity index (χ2n) is 4.01. The van der Waals surface area contributed by atoms with E-state index in [-0.39, 0.29) is 5.91 Å². The maximum atomic E-state index is 12.1. The summed E-state index contributed by atoms with van der Waals surface area (Å²) in [7, 11) is 1.86. The van der Waals surface area contributed by atoms with Gasteiger partial charge >= 0.3 is 0 Å². The van der Waals surface area contributed by atoms with E-state index in [0.29, 0.717) is 17.3 Å². The van der Waals surface area contributed by atoms with Gasteiger partial charge in [0.15, 0.2) is 0 Å². The average Bonchev–Trinajstić information content (AvgIpc) is 2.30. The van der Waals surface area contributed by atoms with E-state index in [1.165, 1.54) is 0 Å². The number of benzene rings is 1. The van der Waals surface area contributed by atoms with Gasteiger partial charge in [0, 0.05) is 24.3 Å². The highest BCUT2D eigenvalue weighted by Gasteiger charge is 2.17. The second kappa shape index (κ2) is 5.54. The molecule has 2 N–H and O–H groups in total. The van der Waals surface area contributed by atoms with E-state index >= 15 is 0 Å². The molecule has 0 heterocycles. The first-order valence-corrected chi connectivity index (χ1v) is 5.72. The molecule has 16 heavy (non-hydrogen) atoms. The van der Waals surface area contributed by atoms with Gasteiger partial charge in [0.2, 0.25) is 0 Å². The van der Waals surface area contributed by atoms with Crippen LogP contribution in [0.5, 0.6) is 0 Å². The van der Waals surface area contributed by atoms with Crippen LogP contribution >= 0.6 is 0 Å². The van der Waals surface area contributed by atoms with Crippen LogP contribution in [0, 0.1) is 0 Å². The minimum Gasteiger partial charge on any atom is -0.399 e. The van der Waals surface area contributed by atoms with Gasteiger partial charge in [-0.25, -0.2) is 0 Å². The van der Waals surface area contributed by atoms with Crippen molar-refractivity contribution in [3.05, 3.63) is 29.8 Å². The number of amides is 1. The molecule has 0 aliphatic rings. The molecule has 0 spiro atoms. The number of nitrogens with two attached hydrogens (primary N) is 1. The Morgan fingerprint density at radius 1 is 1.25 bits per heavy atom. The van der Waals surface area contributed by atoms with Crippen LogP contribution in [-0.2, 0) is 0 Å². The number of nitrogens with zero attached hydrogens (tertiary/aromatic N) is 1. The Labute approximate surface area is 97.2 Å². The summed E-state index contributed by atoms with van der Waals surface area (Å²) in [5.41, 5.74) is 6.97. The highest BCUT2D eigenvalue weighted by molar-refractivity contribution is 5.94. The summed E-state index contributed by atoms with van der Waals surface area (Å²) in [4.78, 5) is 13.9. The summed E-state index contributed by atoms with van der Waals surface area (Å²) in [6, 6.07) is 7.37. The van der Waals surface area contributed by atoms with Gasteiger partial charge in [-0.1, -0.05) is 13.8 Å². The number of anilines is 1. The van der Waals surface area contributed by atoms with Crippen molar-refractivity contribution in [2.45, 2.75) is 32.7 Å². The van der Waals surface area contributed by atoms with Crippen molar-refractivity contribution in [3.8, 4) is 0 Å². The molecule has 1 amide bonds. The number of hydrogen-bond acceptors (Lipinski definition) is 2. The van der Waals surface area contributed by atoms with Crippen LogP contribution in [0.3, 0.4) is 0 Å². The van der Waals surface area contributed by atoms with Gasteiger partial charge in [-0.3, -0.25) is 4.79 Å². The summed E-state index contributed by atoms with van der Waals surface area (Å²) in [6.45, 7) is 4.20. The molecule has 3 nitrogen and oxygen atoms in total. The van der Waals surface area contributed by atoms with Crippen molar-refractivity contribution in [1.82, 2.24) is 4.90 Å². The quantitative estimate of drug-likeness (QED) is 0.792. The monoisotopic (exact) mass is 220 g/mol. The largest absolute Gasteiger partial charge is 0.399 e. The molecule has 0 radical (unpaired) electrons. The Morgan fingerprint density at radius 2 is 1.75 bits per heavy atom. The lowest BCUT2D eigenvalue weighted by molar-refractivity contribution is 0.0724. The van der Waals surface area contributed by atoms with Crippen molar-refractivity contribution >= 4 is 11.6 Å². The van der Waals surface area contributed by atoms with E-state index in [4.69, 9.17) is 5.73 Å². The molecular weight excluding hydrogens is 200 g/mol. The third-order valence-corrected chi connectivity index (χ3v) is 2.97. The predicted molar refractivity (Wildman–Crippen MR) is 67.3 cm³/mol. The zero-order chi connectivity index (χ0) is 12.1. The first-order chi connectivity index (χ1) is 7.60. The van der Waals surface area contributed by atoms with Crippen molar-refractivity contribution in [1.29, 1.82) is 0 Å². The van der Waals surface area contributed by atoms with Gasteiger partial charge < -0.3 is 10.6 Å². The molecule has 0 saturated heterocycles. The highest BCUT2D eigenvalue weighted by Crippen LogP contribution is 2.12. The van der Waals surface area contributed by atoms with Gasteiger partial charge in [-0.05, 0) is 37.1 Å². The lowest BCUT2D eigenvalue weighted by Gasteiger charge is -2.26. The van der Waals surface area contributed by atoms with E-state index in [0.717, 1.165) is 12.8 Å². The SMILES string of the molecule is CCC(CC)N(C)C(=O)c1ccc(N)cc1. The third kappa shape index (κ3) is 2.75. The smallest absolute Gasteiger partial charge is 0.253 e. The molecule has 1 aromatic rings. The zero-order valence-corrected chi connectivity index (χ0v) is 10.2. The van der Waals surface area contributed by atoms with Gasteiger partial charge in [-0.2, -0.15) is 0 Å². The summed E-state index contributed by atoms with van der Waals surface area (Å²) < 4.78 is 0. The van der Waals surface area contributed by atoms with Crippen LogP contribution in [0.1, 0.15) is 37.0 Å². The molecule has 0 saturated carbocycles. The fourth-order valence-corrected chi connectivity index (χ4v) is 1.83. The topological polar surface area (TPSA) is 46.3 Å². The lowest BCUT2D eigenvalue weighted by atomic mass is 10.1. The second-order valence-corrected chi connectivity index (χ2v) is 4.01. The standard InChI is InChI=1S/C13H20N2O/c1-4-12(5-2)15(3)13(16)10-6-8-11(14)9-7-10/h6-9,12H,4-5,14H2,1-3H3. The van der Waals surface area contributed by atoms with Gasteiger partial charge in [0.25, 0.3) is 5.91 Å². The molecule has 0 aliphatic heterocycles. The molecular formula is C13H20N2O. The summed E-state index contributed by atoms with van der Waals surface area (Å²) >= 11 is 0. The van der Waals surface area contributed by atoms with Crippen molar-refractivity contribution in [2.75, 3.05) is 12.8 Å². The van der Waals surface area contributed by atoms with Crippen LogP contribution in [0.4, 0.5) is 5.69 Å². The Bertz CT molecular complexity index is 341. The van der Waals surface area contributed by atoms with E-state index in [9.17, 15) is 4.79 Å². The molecule has 0 aliphatic carbocycles. The first-order valence-electron chi connectivity index (χ1n) is 5.72. The molecule has 1 rings (SSSR count). The Hall–Kier alpha value is -1.51. The molecule has 0 unspecified atom stereocenters. The molecule has 0 aromatic heterocycles. The molecule has 0 fully saturated rings. The number of carbonyl (C=O) groups is 1. The minimum absolute atomic E-state index is 0.0636. The van der Waals surface area contributed by atoms with Crippen LogP contribution < -0.4 is 5.73 Å². The maximum Gasteiger partial charge on any atom is 0.253 e. The van der Waals surface area contributed by atoms with E-state index in [1.807, 2.05) is 11.9 Å². The lowest BCUT2D eigenvalue weighted by Crippen LogP contribution is -2.36.